The highest BCUT2D eigenvalue weighted by Crippen LogP contribution is 2.36. The van der Waals surface area contributed by atoms with Gasteiger partial charge < -0.3 is 9.47 Å². The third-order valence-electron chi connectivity index (χ3n) is 4.05. The van der Waals surface area contributed by atoms with Crippen LogP contribution in [0.2, 0.25) is 0 Å². The first kappa shape index (κ1) is 19.4. The van der Waals surface area contributed by atoms with Crippen LogP contribution >= 0.6 is 0 Å². The number of hydrogen-bond acceptors (Lipinski definition) is 3. The second kappa shape index (κ2) is 7.29. The monoisotopic (exact) mass is 316 g/mol. The fraction of sp³-hybridized carbons (Fsp3) is 0.944. The Labute approximate surface area is 134 Å². The van der Waals surface area contributed by atoms with Crippen molar-refractivity contribution >= 4 is 5.97 Å². The molecule has 0 bridgehead atoms. The van der Waals surface area contributed by atoms with E-state index in [2.05, 4.69) is 0 Å². The number of ether oxygens (including phenoxy) is 2. The van der Waals surface area contributed by atoms with Crippen molar-refractivity contribution in [2.75, 3.05) is 6.67 Å². The van der Waals surface area contributed by atoms with Gasteiger partial charge in [-0.1, -0.05) is 40.0 Å². The Kier molecular flexibility index (Phi) is 6.43. The summed E-state index contributed by atoms with van der Waals surface area (Å²) < 4.78 is 25.0. The maximum Gasteiger partial charge on any atom is 0.316 e. The maximum absolute atomic E-state index is 13.5. The summed E-state index contributed by atoms with van der Waals surface area (Å²) in [5.41, 5.74) is -1.26. The van der Waals surface area contributed by atoms with Crippen molar-refractivity contribution in [3.63, 3.8) is 0 Å². The number of esters is 1. The van der Waals surface area contributed by atoms with Crippen molar-refractivity contribution in [1.82, 2.24) is 0 Å². The third-order valence-corrected chi connectivity index (χ3v) is 4.05. The van der Waals surface area contributed by atoms with E-state index in [1.165, 1.54) is 6.42 Å². The van der Waals surface area contributed by atoms with Gasteiger partial charge in [-0.3, -0.25) is 4.79 Å². The summed E-state index contributed by atoms with van der Waals surface area (Å²) in [6, 6.07) is 0. The molecule has 1 aliphatic carbocycles. The molecule has 4 heteroatoms. The van der Waals surface area contributed by atoms with E-state index in [1.54, 1.807) is 20.8 Å². The zero-order valence-electron chi connectivity index (χ0n) is 15.1. The Morgan fingerprint density at radius 1 is 1.05 bits per heavy atom. The van der Waals surface area contributed by atoms with Crippen molar-refractivity contribution in [3.8, 4) is 0 Å². The molecule has 1 aliphatic rings. The van der Waals surface area contributed by atoms with Crippen LogP contribution in [-0.4, -0.2) is 24.5 Å². The van der Waals surface area contributed by atoms with E-state index in [9.17, 15) is 9.18 Å². The van der Waals surface area contributed by atoms with E-state index in [0.29, 0.717) is 6.42 Å². The van der Waals surface area contributed by atoms with Gasteiger partial charge in [-0.05, 0) is 31.6 Å². The van der Waals surface area contributed by atoms with E-state index in [-0.39, 0.29) is 11.5 Å². The Balaban J connectivity index is 2.66. The molecule has 0 spiro atoms. The Morgan fingerprint density at radius 3 is 2.05 bits per heavy atom. The molecular weight excluding hydrogens is 283 g/mol. The predicted octanol–water partition coefficient (Wildman–Crippen LogP) is 5.03. The van der Waals surface area contributed by atoms with Crippen LogP contribution in [0.15, 0.2) is 0 Å². The molecule has 0 aromatic heterocycles. The molecule has 3 nitrogen and oxygen atoms in total. The molecule has 0 N–H and O–H groups in total. The summed E-state index contributed by atoms with van der Waals surface area (Å²) >= 11 is 0. The largest absolute Gasteiger partial charge is 0.433 e. The quantitative estimate of drug-likeness (QED) is 0.509. The average molecular weight is 316 g/mol. The van der Waals surface area contributed by atoms with Gasteiger partial charge in [0.15, 0.2) is 0 Å². The molecule has 1 saturated carbocycles. The SMILES string of the molecule is CC(C)(C)CC(C)(CF)C(=O)OC(C)(C)OC1CCCCC1. The Morgan fingerprint density at radius 2 is 1.59 bits per heavy atom. The second-order valence-corrected chi connectivity index (χ2v) is 8.60. The van der Waals surface area contributed by atoms with Crippen molar-refractivity contribution in [2.24, 2.45) is 10.8 Å². The standard InChI is InChI=1S/C18H33FO3/c1-16(2,3)12-18(6,13-19)15(20)22-17(4,5)21-14-10-8-7-9-11-14/h14H,7-13H2,1-6H3. The molecule has 1 unspecified atom stereocenters. The normalized spacial score (nSPS) is 20.5. The van der Waals surface area contributed by atoms with Crippen LogP contribution in [0.5, 0.6) is 0 Å². The summed E-state index contributed by atoms with van der Waals surface area (Å²) in [6.45, 7) is 10.4. The Hall–Kier alpha value is -0.640. The lowest BCUT2D eigenvalue weighted by Gasteiger charge is -2.37. The lowest BCUT2D eigenvalue weighted by Crippen LogP contribution is -2.43. The summed E-state index contributed by atoms with van der Waals surface area (Å²) in [5.74, 6) is -1.52. The molecule has 130 valence electrons. The highest BCUT2D eigenvalue weighted by atomic mass is 19.1. The lowest BCUT2D eigenvalue weighted by atomic mass is 9.76. The smallest absolute Gasteiger partial charge is 0.316 e. The molecule has 1 fully saturated rings. The molecular formula is C18H33FO3. The van der Waals surface area contributed by atoms with Gasteiger partial charge in [0.2, 0.25) is 5.79 Å². The van der Waals surface area contributed by atoms with Crippen LogP contribution in [0.1, 0.15) is 80.1 Å². The van der Waals surface area contributed by atoms with Gasteiger partial charge in [-0.2, -0.15) is 0 Å². The second-order valence-electron chi connectivity index (χ2n) is 8.60. The summed E-state index contributed by atoms with van der Waals surface area (Å²) in [7, 11) is 0. The van der Waals surface area contributed by atoms with Gasteiger partial charge in [0.25, 0.3) is 0 Å². The molecule has 0 aromatic rings. The van der Waals surface area contributed by atoms with Gasteiger partial charge in [-0.25, -0.2) is 4.39 Å². The first-order chi connectivity index (χ1) is 9.97. The zero-order chi connectivity index (χ0) is 17.0. The molecule has 1 atom stereocenters. The molecule has 0 radical (unpaired) electrons. The van der Waals surface area contributed by atoms with Crippen LogP contribution in [0.4, 0.5) is 4.39 Å². The third kappa shape index (κ3) is 6.23. The van der Waals surface area contributed by atoms with Crippen molar-refractivity contribution in [1.29, 1.82) is 0 Å². The number of alkyl halides is 1. The van der Waals surface area contributed by atoms with Crippen LogP contribution < -0.4 is 0 Å². The van der Waals surface area contributed by atoms with E-state index in [0.717, 1.165) is 25.7 Å². The van der Waals surface area contributed by atoms with Crippen LogP contribution in [-0.2, 0) is 14.3 Å². The van der Waals surface area contributed by atoms with Gasteiger partial charge in [0, 0.05) is 13.8 Å². The van der Waals surface area contributed by atoms with E-state index < -0.39 is 23.8 Å². The van der Waals surface area contributed by atoms with E-state index >= 15 is 0 Å². The van der Waals surface area contributed by atoms with E-state index in [4.69, 9.17) is 9.47 Å². The molecule has 0 heterocycles. The number of carbonyl (C=O) groups is 1. The minimum atomic E-state index is -1.12. The number of rotatable bonds is 6. The lowest BCUT2D eigenvalue weighted by molar-refractivity contribution is -0.244. The number of hydrogen-bond donors (Lipinski definition) is 0. The highest BCUT2D eigenvalue weighted by Gasteiger charge is 2.42. The molecule has 1 rings (SSSR count). The first-order valence-corrected chi connectivity index (χ1v) is 8.45. The van der Waals surface area contributed by atoms with Gasteiger partial charge in [0.1, 0.15) is 6.67 Å². The topological polar surface area (TPSA) is 35.5 Å². The molecule has 0 aromatic carbocycles. The molecule has 0 amide bonds. The zero-order valence-corrected chi connectivity index (χ0v) is 15.1. The molecule has 22 heavy (non-hydrogen) atoms. The fourth-order valence-corrected chi connectivity index (χ4v) is 3.30. The van der Waals surface area contributed by atoms with Crippen molar-refractivity contribution < 1.29 is 18.7 Å². The van der Waals surface area contributed by atoms with Gasteiger partial charge in [0.05, 0.1) is 11.5 Å². The first-order valence-electron chi connectivity index (χ1n) is 8.45. The molecule has 0 saturated heterocycles. The summed E-state index contributed by atoms with van der Waals surface area (Å²) in [6.07, 6.45) is 6.13. The number of carbonyl (C=O) groups excluding carboxylic acids is 1. The van der Waals surface area contributed by atoms with Crippen LogP contribution in [0.3, 0.4) is 0 Å². The highest BCUT2D eigenvalue weighted by molar-refractivity contribution is 5.77. The van der Waals surface area contributed by atoms with Crippen molar-refractivity contribution in [2.45, 2.75) is 92.0 Å². The predicted molar refractivity (Wildman–Crippen MR) is 86.3 cm³/mol. The average Bonchev–Trinajstić information content (AvgIpc) is 2.36. The molecule has 0 aliphatic heterocycles. The minimum Gasteiger partial charge on any atom is -0.433 e. The van der Waals surface area contributed by atoms with Gasteiger partial charge in [-0.15, -0.1) is 0 Å². The summed E-state index contributed by atoms with van der Waals surface area (Å²) in [4.78, 5) is 12.5. The van der Waals surface area contributed by atoms with Crippen molar-refractivity contribution in [3.05, 3.63) is 0 Å². The Bertz CT molecular complexity index is 367. The van der Waals surface area contributed by atoms with Gasteiger partial charge >= 0.3 is 5.97 Å². The number of halogens is 1. The van der Waals surface area contributed by atoms with E-state index in [1.807, 2.05) is 20.8 Å². The fourth-order valence-electron chi connectivity index (χ4n) is 3.30. The van der Waals surface area contributed by atoms with Crippen LogP contribution in [0.25, 0.3) is 0 Å². The maximum atomic E-state index is 13.5. The minimum absolute atomic E-state index is 0.135. The van der Waals surface area contributed by atoms with Crippen LogP contribution in [0, 0.1) is 10.8 Å². The summed E-state index contributed by atoms with van der Waals surface area (Å²) in [5, 5.41) is 0.